The lowest BCUT2D eigenvalue weighted by Gasteiger charge is -2.09. The van der Waals surface area contributed by atoms with Crippen LogP contribution in [0, 0.1) is 11.6 Å². The summed E-state index contributed by atoms with van der Waals surface area (Å²) in [5.41, 5.74) is 1.71. The molecule has 29 heavy (non-hydrogen) atoms. The summed E-state index contributed by atoms with van der Waals surface area (Å²) in [5, 5.41) is 13.0. The topological polar surface area (TPSA) is 85.4 Å². The normalized spacial score (nSPS) is 10.3. The van der Waals surface area contributed by atoms with Crippen molar-refractivity contribution in [3.8, 4) is 22.9 Å². The van der Waals surface area contributed by atoms with Crippen LogP contribution in [0.3, 0.4) is 0 Å². The van der Waals surface area contributed by atoms with Gasteiger partial charge in [-0.15, -0.1) is 10.2 Å². The van der Waals surface area contributed by atoms with E-state index in [0.29, 0.717) is 11.6 Å². The molecule has 0 atom stereocenters. The monoisotopic (exact) mass is 400 g/mol. The molecule has 0 unspecified atom stereocenters. The Hall–Kier alpha value is -3.75. The maximum absolute atomic E-state index is 13.1. The van der Waals surface area contributed by atoms with E-state index in [4.69, 9.17) is 9.47 Å². The van der Waals surface area contributed by atoms with Gasteiger partial charge in [-0.25, -0.2) is 13.6 Å². The lowest BCUT2D eigenvalue weighted by molar-refractivity contribution is 0.246. The van der Waals surface area contributed by atoms with Gasteiger partial charge in [0.1, 0.15) is 12.4 Å². The van der Waals surface area contributed by atoms with Crippen molar-refractivity contribution >= 4 is 11.7 Å². The van der Waals surface area contributed by atoms with Crippen molar-refractivity contribution in [2.75, 3.05) is 25.6 Å². The van der Waals surface area contributed by atoms with E-state index in [1.165, 1.54) is 6.07 Å². The second-order valence-corrected chi connectivity index (χ2v) is 5.84. The van der Waals surface area contributed by atoms with Gasteiger partial charge in [-0.1, -0.05) is 0 Å². The molecule has 0 fully saturated rings. The molecule has 9 heteroatoms. The van der Waals surface area contributed by atoms with E-state index in [1.54, 1.807) is 19.2 Å². The van der Waals surface area contributed by atoms with Crippen molar-refractivity contribution in [3.63, 3.8) is 0 Å². The van der Waals surface area contributed by atoms with Crippen LogP contribution in [-0.2, 0) is 0 Å². The number of methoxy groups -OCH3 is 1. The van der Waals surface area contributed by atoms with Crippen molar-refractivity contribution in [1.29, 1.82) is 0 Å². The van der Waals surface area contributed by atoms with E-state index in [1.807, 2.05) is 24.3 Å². The molecule has 3 rings (SSSR count). The van der Waals surface area contributed by atoms with Crippen LogP contribution in [0.4, 0.5) is 19.3 Å². The fourth-order valence-corrected chi connectivity index (χ4v) is 2.38. The zero-order valence-corrected chi connectivity index (χ0v) is 15.5. The number of nitrogens with one attached hydrogen (secondary N) is 2. The molecule has 2 amide bonds. The summed E-state index contributed by atoms with van der Waals surface area (Å²) in [4.78, 5) is 11.7. The average molecular weight is 400 g/mol. The van der Waals surface area contributed by atoms with E-state index in [9.17, 15) is 13.6 Å². The third kappa shape index (κ3) is 5.61. The number of benzene rings is 2. The maximum Gasteiger partial charge on any atom is 0.319 e. The van der Waals surface area contributed by atoms with Gasteiger partial charge in [0.05, 0.1) is 19.3 Å². The SMILES string of the molecule is COc1ccc(-c2ccc(OCCNC(=O)Nc3ccc(F)c(F)c3)nn2)cc1. The second kappa shape index (κ2) is 9.45. The number of amides is 2. The molecule has 0 aliphatic rings. The van der Waals surface area contributed by atoms with E-state index >= 15 is 0 Å². The van der Waals surface area contributed by atoms with Gasteiger partial charge in [-0.05, 0) is 42.5 Å². The van der Waals surface area contributed by atoms with Gasteiger partial charge in [0.25, 0.3) is 0 Å². The Balaban J connectivity index is 1.43. The quantitative estimate of drug-likeness (QED) is 0.592. The van der Waals surface area contributed by atoms with Gasteiger partial charge >= 0.3 is 6.03 Å². The fraction of sp³-hybridized carbons (Fsp3) is 0.150. The summed E-state index contributed by atoms with van der Waals surface area (Å²) < 4.78 is 36.5. The van der Waals surface area contributed by atoms with Crippen LogP contribution >= 0.6 is 0 Å². The molecule has 2 N–H and O–H groups in total. The molecule has 0 aliphatic carbocycles. The number of hydrogen-bond acceptors (Lipinski definition) is 5. The Labute approximate surface area is 165 Å². The van der Waals surface area contributed by atoms with Crippen LogP contribution in [0.5, 0.6) is 11.6 Å². The highest BCUT2D eigenvalue weighted by Crippen LogP contribution is 2.21. The lowest BCUT2D eigenvalue weighted by Crippen LogP contribution is -2.32. The van der Waals surface area contributed by atoms with Crippen LogP contribution in [-0.4, -0.2) is 36.5 Å². The lowest BCUT2D eigenvalue weighted by atomic mass is 10.1. The summed E-state index contributed by atoms with van der Waals surface area (Å²) in [6.07, 6.45) is 0. The summed E-state index contributed by atoms with van der Waals surface area (Å²) in [5.74, 6) is -0.959. The molecule has 0 spiro atoms. The van der Waals surface area contributed by atoms with Gasteiger partial charge in [0, 0.05) is 23.4 Å². The number of urea groups is 1. The summed E-state index contributed by atoms with van der Waals surface area (Å²) in [6.45, 7) is 0.333. The average Bonchev–Trinajstić information content (AvgIpc) is 2.74. The first kappa shape index (κ1) is 20.0. The third-order valence-electron chi connectivity index (χ3n) is 3.84. The van der Waals surface area contributed by atoms with Crippen molar-refractivity contribution in [1.82, 2.24) is 15.5 Å². The van der Waals surface area contributed by atoms with Gasteiger partial charge < -0.3 is 20.1 Å². The van der Waals surface area contributed by atoms with E-state index in [-0.39, 0.29) is 18.8 Å². The first-order chi connectivity index (χ1) is 14.0. The molecule has 0 radical (unpaired) electrons. The number of carbonyl (C=O) groups excluding carboxylic acids is 1. The molecule has 1 heterocycles. The van der Waals surface area contributed by atoms with Crippen LogP contribution in [0.1, 0.15) is 0 Å². The van der Waals surface area contributed by atoms with Gasteiger partial charge in [0.15, 0.2) is 11.6 Å². The molecule has 3 aromatic rings. The number of rotatable bonds is 7. The van der Waals surface area contributed by atoms with Crippen LogP contribution < -0.4 is 20.1 Å². The van der Waals surface area contributed by atoms with E-state index in [2.05, 4.69) is 20.8 Å². The van der Waals surface area contributed by atoms with Gasteiger partial charge in [-0.2, -0.15) is 0 Å². The minimum Gasteiger partial charge on any atom is -0.497 e. The molecule has 1 aromatic heterocycles. The predicted molar refractivity (Wildman–Crippen MR) is 103 cm³/mol. The number of halogens is 2. The summed E-state index contributed by atoms with van der Waals surface area (Å²) in [7, 11) is 1.60. The standard InChI is InChI=1S/C20H18F2N4O3/c1-28-15-5-2-13(3-6-15)18-8-9-19(26-25-18)29-11-10-23-20(27)24-14-4-7-16(21)17(22)12-14/h2-9,12H,10-11H2,1H3,(H2,23,24,27). The number of carbonyl (C=O) groups is 1. The van der Waals surface area contributed by atoms with Crippen molar-refractivity contribution in [3.05, 3.63) is 66.2 Å². The minimum absolute atomic E-state index is 0.141. The number of nitrogens with zero attached hydrogens (tertiary/aromatic N) is 2. The number of anilines is 1. The van der Waals surface area contributed by atoms with E-state index in [0.717, 1.165) is 23.4 Å². The van der Waals surface area contributed by atoms with Crippen LogP contribution in [0.25, 0.3) is 11.3 Å². The number of ether oxygens (including phenoxy) is 2. The molecule has 150 valence electrons. The Morgan fingerprint density at radius 1 is 1.00 bits per heavy atom. The Morgan fingerprint density at radius 2 is 1.79 bits per heavy atom. The first-order valence-corrected chi connectivity index (χ1v) is 8.66. The predicted octanol–water partition coefficient (Wildman–Crippen LogP) is 3.63. The highest BCUT2D eigenvalue weighted by atomic mass is 19.2. The van der Waals surface area contributed by atoms with Crippen LogP contribution in [0.15, 0.2) is 54.6 Å². The first-order valence-electron chi connectivity index (χ1n) is 8.66. The zero-order chi connectivity index (χ0) is 20.6. The minimum atomic E-state index is -1.04. The van der Waals surface area contributed by atoms with Crippen molar-refractivity contribution < 1.29 is 23.0 Å². The van der Waals surface area contributed by atoms with Crippen LogP contribution in [0.2, 0.25) is 0 Å². The highest BCUT2D eigenvalue weighted by molar-refractivity contribution is 5.89. The molecule has 2 aromatic carbocycles. The molecule has 0 bridgehead atoms. The van der Waals surface area contributed by atoms with Gasteiger partial charge in [-0.3, -0.25) is 0 Å². The van der Waals surface area contributed by atoms with Crippen molar-refractivity contribution in [2.45, 2.75) is 0 Å². The molecule has 0 saturated heterocycles. The number of hydrogen-bond donors (Lipinski definition) is 2. The second-order valence-electron chi connectivity index (χ2n) is 5.84. The maximum atomic E-state index is 13.1. The summed E-state index contributed by atoms with van der Waals surface area (Å²) in [6, 6.07) is 13.4. The van der Waals surface area contributed by atoms with Gasteiger partial charge in [0.2, 0.25) is 5.88 Å². The molecule has 0 aliphatic heterocycles. The molecular weight excluding hydrogens is 382 g/mol. The number of aromatic nitrogens is 2. The summed E-state index contributed by atoms with van der Waals surface area (Å²) >= 11 is 0. The largest absolute Gasteiger partial charge is 0.497 e. The highest BCUT2D eigenvalue weighted by Gasteiger charge is 2.06. The third-order valence-corrected chi connectivity index (χ3v) is 3.84. The zero-order valence-electron chi connectivity index (χ0n) is 15.5. The molecule has 7 nitrogen and oxygen atoms in total. The van der Waals surface area contributed by atoms with E-state index < -0.39 is 17.7 Å². The Kier molecular flexibility index (Phi) is 6.51. The fourth-order valence-electron chi connectivity index (χ4n) is 2.38. The smallest absolute Gasteiger partial charge is 0.319 e. The molecular formula is C20H18F2N4O3. The Bertz CT molecular complexity index is 966. The molecule has 0 saturated carbocycles. The Morgan fingerprint density at radius 3 is 2.45 bits per heavy atom. The van der Waals surface area contributed by atoms with Crippen molar-refractivity contribution in [2.24, 2.45) is 0 Å².